The number of morpholine rings is 1. The minimum Gasteiger partial charge on any atom is -0.493 e. The molecular formula is C9H11N3O4. The monoisotopic (exact) mass is 225 g/mol. The highest BCUT2D eigenvalue weighted by atomic mass is 16.5. The summed E-state index contributed by atoms with van der Waals surface area (Å²) in [5, 5.41) is 18.1. The second-order valence-corrected chi connectivity index (χ2v) is 3.32. The Morgan fingerprint density at radius 3 is 2.69 bits per heavy atom. The Morgan fingerprint density at radius 2 is 2.06 bits per heavy atom. The molecule has 2 rings (SSSR count). The molecule has 86 valence electrons. The van der Waals surface area contributed by atoms with Gasteiger partial charge in [-0.2, -0.15) is 4.98 Å². The molecule has 0 bridgehead atoms. The van der Waals surface area contributed by atoms with Crippen LogP contribution in [0.1, 0.15) is 10.5 Å². The molecular weight excluding hydrogens is 214 g/mol. The van der Waals surface area contributed by atoms with Gasteiger partial charge in [-0.3, -0.25) is 0 Å². The van der Waals surface area contributed by atoms with Crippen LogP contribution in [0, 0.1) is 0 Å². The fourth-order valence-corrected chi connectivity index (χ4v) is 1.44. The lowest BCUT2D eigenvalue weighted by Crippen LogP contribution is -2.37. The molecule has 1 aromatic heterocycles. The highest BCUT2D eigenvalue weighted by molar-refractivity contribution is 5.86. The predicted molar refractivity (Wildman–Crippen MR) is 53.7 cm³/mol. The van der Waals surface area contributed by atoms with Gasteiger partial charge in [0.1, 0.15) is 0 Å². The molecule has 7 heteroatoms. The van der Waals surface area contributed by atoms with E-state index in [9.17, 15) is 9.90 Å². The van der Waals surface area contributed by atoms with Crippen LogP contribution in [0.2, 0.25) is 0 Å². The largest absolute Gasteiger partial charge is 0.493 e. The molecule has 1 aromatic rings. The van der Waals surface area contributed by atoms with E-state index in [0.29, 0.717) is 26.3 Å². The average Bonchev–Trinajstić information content (AvgIpc) is 2.29. The number of anilines is 1. The second kappa shape index (κ2) is 4.31. The fourth-order valence-electron chi connectivity index (χ4n) is 1.44. The van der Waals surface area contributed by atoms with Gasteiger partial charge in [0.05, 0.1) is 13.2 Å². The Labute approximate surface area is 91.3 Å². The number of ether oxygens (including phenoxy) is 1. The quantitative estimate of drug-likeness (QED) is 0.714. The molecule has 2 N–H and O–H groups in total. The van der Waals surface area contributed by atoms with Crippen molar-refractivity contribution in [2.24, 2.45) is 0 Å². The second-order valence-electron chi connectivity index (χ2n) is 3.32. The molecule has 1 aliphatic heterocycles. The number of rotatable bonds is 2. The summed E-state index contributed by atoms with van der Waals surface area (Å²) in [4.78, 5) is 20.2. The van der Waals surface area contributed by atoms with Crippen molar-refractivity contribution < 1.29 is 19.7 Å². The summed E-state index contributed by atoms with van der Waals surface area (Å²) in [5.74, 6) is -1.30. The third kappa shape index (κ3) is 2.19. The summed E-state index contributed by atoms with van der Waals surface area (Å²) in [6.45, 7) is 2.26. The zero-order valence-electron chi connectivity index (χ0n) is 8.46. The summed E-state index contributed by atoms with van der Waals surface area (Å²) >= 11 is 0. The normalized spacial score (nSPS) is 16.1. The van der Waals surface area contributed by atoms with Crippen LogP contribution in [0.3, 0.4) is 0 Å². The van der Waals surface area contributed by atoms with Crippen molar-refractivity contribution in [2.45, 2.75) is 0 Å². The Morgan fingerprint density at radius 1 is 1.38 bits per heavy atom. The van der Waals surface area contributed by atoms with E-state index in [1.807, 2.05) is 0 Å². The third-order valence-electron chi connectivity index (χ3n) is 2.21. The summed E-state index contributed by atoms with van der Waals surface area (Å²) in [7, 11) is 0. The van der Waals surface area contributed by atoms with E-state index in [1.165, 1.54) is 0 Å². The SMILES string of the molecule is O=C(O)c1cc(O)nc(N2CCOCC2)n1. The zero-order chi connectivity index (χ0) is 11.5. The van der Waals surface area contributed by atoms with Gasteiger partial charge in [-0.25, -0.2) is 9.78 Å². The molecule has 1 aliphatic rings. The Hall–Kier alpha value is -1.89. The first-order valence-electron chi connectivity index (χ1n) is 4.81. The molecule has 0 aromatic carbocycles. The lowest BCUT2D eigenvalue weighted by atomic mass is 10.4. The van der Waals surface area contributed by atoms with Gasteiger partial charge in [0.2, 0.25) is 11.8 Å². The molecule has 0 radical (unpaired) electrons. The van der Waals surface area contributed by atoms with Crippen LogP contribution in [0.4, 0.5) is 5.95 Å². The number of carbonyl (C=O) groups is 1. The Kier molecular flexibility index (Phi) is 2.86. The van der Waals surface area contributed by atoms with E-state index in [0.717, 1.165) is 6.07 Å². The van der Waals surface area contributed by atoms with Gasteiger partial charge in [-0.1, -0.05) is 0 Å². The summed E-state index contributed by atoms with van der Waals surface area (Å²) in [5.41, 5.74) is -0.214. The molecule has 16 heavy (non-hydrogen) atoms. The minimum absolute atomic E-state index is 0.214. The molecule has 0 amide bonds. The van der Waals surface area contributed by atoms with Crippen LogP contribution in [0.25, 0.3) is 0 Å². The minimum atomic E-state index is -1.19. The maximum atomic E-state index is 10.7. The van der Waals surface area contributed by atoms with Crippen LogP contribution in [-0.4, -0.2) is 52.5 Å². The number of carboxylic acid groups (broad SMARTS) is 1. The lowest BCUT2D eigenvalue weighted by Gasteiger charge is -2.26. The van der Waals surface area contributed by atoms with Gasteiger partial charge < -0.3 is 19.8 Å². The lowest BCUT2D eigenvalue weighted by molar-refractivity contribution is 0.0689. The van der Waals surface area contributed by atoms with Crippen LogP contribution in [0.15, 0.2) is 6.07 Å². The van der Waals surface area contributed by atoms with Crippen LogP contribution in [-0.2, 0) is 4.74 Å². The molecule has 0 spiro atoms. The van der Waals surface area contributed by atoms with Gasteiger partial charge in [0, 0.05) is 19.2 Å². The number of hydrogen-bond acceptors (Lipinski definition) is 6. The van der Waals surface area contributed by atoms with E-state index in [1.54, 1.807) is 4.90 Å². The standard InChI is InChI=1S/C9H11N3O4/c13-7-5-6(8(14)15)10-9(11-7)12-1-3-16-4-2-12/h5H,1-4H2,(H,14,15)(H,10,11,13). The van der Waals surface area contributed by atoms with E-state index in [2.05, 4.69) is 9.97 Å². The number of hydrogen-bond donors (Lipinski definition) is 2. The fraction of sp³-hybridized carbons (Fsp3) is 0.444. The van der Waals surface area contributed by atoms with Crippen molar-refractivity contribution in [3.05, 3.63) is 11.8 Å². The zero-order valence-corrected chi connectivity index (χ0v) is 8.46. The van der Waals surface area contributed by atoms with Gasteiger partial charge >= 0.3 is 5.97 Å². The van der Waals surface area contributed by atoms with Gasteiger partial charge in [0.25, 0.3) is 0 Å². The molecule has 2 heterocycles. The predicted octanol–water partition coefficient (Wildman–Crippen LogP) is -0.283. The molecule has 0 aliphatic carbocycles. The number of aromatic nitrogens is 2. The first-order chi connectivity index (χ1) is 7.66. The Bertz CT molecular complexity index is 404. The number of nitrogens with zero attached hydrogens (tertiary/aromatic N) is 3. The summed E-state index contributed by atoms with van der Waals surface area (Å²) < 4.78 is 5.15. The van der Waals surface area contributed by atoms with E-state index in [4.69, 9.17) is 9.84 Å². The highest BCUT2D eigenvalue weighted by Crippen LogP contribution is 2.15. The smallest absolute Gasteiger partial charge is 0.354 e. The number of aromatic hydroxyl groups is 1. The number of carboxylic acids is 1. The first-order valence-corrected chi connectivity index (χ1v) is 4.81. The number of aromatic carboxylic acids is 1. The van der Waals surface area contributed by atoms with Crippen molar-refractivity contribution >= 4 is 11.9 Å². The van der Waals surface area contributed by atoms with Crippen molar-refractivity contribution in [1.82, 2.24) is 9.97 Å². The van der Waals surface area contributed by atoms with Gasteiger partial charge in [-0.05, 0) is 0 Å². The van der Waals surface area contributed by atoms with Crippen LogP contribution in [0.5, 0.6) is 5.88 Å². The Balaban J connectivity index is 2.28. The average molecular weight is 225 g/mol. The molecule has 1 saturated heterocycles. The van der Waals surface area contributed by atoms with Crippen molar-refractivity contribution in [3.63, 3.8) is 0 Å². The van der Waals surface area contributed by atoms with Crippen molar-refractivity contribution in [3.8, 4) is 5.88 Å². The van der Waals surface area contributed by atoms with Gasteiger partial charge in [-0.15, -0.1) is 0 Å². The summed E-state index contributed by atoms with van der Waals surface area (Å²) in [6, 6.07) is 1.02. The summed E-state index contributed by atoms with van der Waals surface area (Å²) in [6.07, 6.45) is 0. The topological polar surface area (TPSA) is 95.8 Å². The van der Waals surface area contributed by atoms with Crippen molar-refractivity contribution in [2.75, 3.05) is 31.2 Å². The van der Waals surface area contributed by atoms with E-state index in [-0.39, 0.29) is 17.5 Å². The van der Waals surface area contributed by atoms with E-state index >= 15 is 0 Å². The van der Waals surface area contributed by atoms with Crippen LogP contribution < -0.4 is 4.90 Å². The third-order valence-corrected chi connectivity index (χ3v) is 2.21. The molecule has 7 nitrogen and oxygen atoms in total. The molecule has 0 saturated carbocycles. The molecule has 0 unspecified atom stereocenters. The first kappa shape index (κ1) is 10.6. The van der Waals surface area contributed by atoms with Gasteiger partial charge in [0.15, 0.2) is 5.69 Å². The maximum absolute atomic E-state index is 10.7. The molecule has 1 fully saturated rings. The van der Waals surface area contributed by atoms with Crippen molar-refractivity contribution in [1.29, 1.82) is 0 Å². The highest BCUT2D eigenvalue weighted by Gasteiger charge is 2.17. The molecule has 0 atom stereocenters. The van der Waals surface area contributed by atoms with Crippen LogP contribution >= 0.6 is 0 Å². The van der Waals surface area contributed by atoms with E-state index < -0.39 is 5.97 Å². The maximum Gasteiger partial charge on any atom is 0.354 e.